The number of nitriles is 1. The first-order valence-corrected chi connectivity index (χ1v) is 12.1. The van der Waals surface area contributed by atoms with Crippen molar-refractivity contribution in [1.82, 2.24) is 9.55 Å². The highest BCUT2D eigenvalue weighted by molar-refractivity contribution is 5.88. The second kappa shape index (κ2) is 9.57. The number of hydrogen-bond acceptors (Lipinski definition) is 3. The number of benzene rings is 3. The summed E-state index contributed by atoms with van der Waals surface area (Å²) in [5.74, 6) is 1.96. The van der Waals surface area contributed by atoms with Gasteiger partial charge in [0.05, 0.1) is 17.1 Å². The SMILES string of the molecule is CCC/C(C#N)=C1/c2ccc(Cn3c(CCC)nc4ccccc43)cc2COc2ccccc21. The molecule has 0 unspecified atom stereocenters. The van der Waals surface area contributed by atoms with Gasteiger partial charge in [-0.2, -0.15) is 5.26 Å². The molecule has 0 amide bonds. The summed E-state index contributed by atoms with van der Waals surface area (Å²) in [4.78, 5) is 4.89. The van der Waals surface area contributed by atoms with Crippen molar-refractivity contribution >= 4 is 16.6 Å². The smallest absolute Gasteiger partial charge is 0.127 e. The molecule has 170 valence electrons. The fraction of sp³-hybridized carbons (Fsp3) is 0.267. The second-order valence-corrected chi connectivity index (χ2v) is 8.84. The molecular weight excluding hydrogens is 418 g/mol. The minimum Gasteiger partial charge on any atom is -0.488 e. The summed E-state index contributed by atoms with van der Waals surface area (Å²) in [6.45, 7) is 5.55. The Balaban J connectivity index is 1.61. The van der Waals surface area contributed by atoms with Crippen molar-refractivity contribution in [3.63, 3.8) is 0 Å². The molecule has 3 aromatic carbocycles. The lowest BCUT2D eigenvalue weighted by Gasteiger charge is -2.15. The molecule has 0 atom stereocenters. The highest BCUT2D eigenvalue weighted by Crippen LogP contribution is 2.39. The molecule has 1 aliphatic heterocycles. The van der Waals surface area contributed by atoms with Gasteiger partial charge in [0.25, 0.3) is 0 Å². The Morgan fingerprint density at radius 3 is 2.65 bits per heavy atom. The van der Waals surface area contributed by atoms with Crippen molar-refractivity contribution in [3.8, 4) is 11.8 Å². The molecule has 0 saturated heterocycles. The summed E-state index contributed by atoms with van der Waals surface area (Å²) in [5.41, 5.74) is 8.48. The first kappa shape index (κ1) is 22.0. The van der Waals surface area contributed by atoms with Gasteiger partial charge in [0, 0.05) is 29.7 Å². The molecule has 4 aromatic rings. The summed E-state index contributed by atoms with van der Waals surface area (Å²) in [7, 11) is 0. The van der Waals surface area contributed by atoms with Gasteiger partial charge in [-0.25, -0.2) is 4.98 Å². The molecule has 34 heavy (non-hydrogen) atoms. The number of nitrogens with zero attached hydrogens (tertiary/aromatic N) is 3. The molecule has 1 aromatic heterocycles. The number of fused-ring (bicyclic) bond motifs is 3. The lowest BCUT2D eigenvalue weighted by atomic mass is 9.88. The zero-order chi connectivity index (χ0) is 23.5. The number of ether oxygens (including phenoxy) is 1. The molecule has 5 rings (SSSR count). The maximum absolute atomic E-state index is 10.0. The molecule has 0 radical (unpaired) electrons. The van der Waals surface area contributed by atoms with Crippen molar-refractivity contribution in [2.45, 2.75) is 52.7 Å². The Morgan fingerprint density at radius 2 is 1.82 bits per heavy atom. The number of aryl methyl sites for hydroxylation is 1. The fourth-order valence-electron chi connectivity index (χ4n) is 4.92. The third kappa shape index (κ3) is 3.99. The summed E-state index contributed by atoms with van der Waals surface area (Å²) in [6.07, 6.45) is 3.69. The third-order valence-corrected chi connectivity index (χ3v) is 6.46. The number of imidazole rings is 1. The maximum Gasteiger partial charge on any atom is 0.127 e. The van der Waals surface area contributed by atoms with Gasteiger partial charge in [-0.05, 0) is 53.8 Å². The van der Waals surface area contributed by atoms with E-state index in [1.807, 2.05) is 24.3 Å². The van der Waals surface area contributed by atoms with E-state index in [-0.39, 0.29) is 0 Å². The molecule has 0 saturated carbocycles. The normalized spacial score (nSPS) is 14.0. The van der Waals surface area contributed by atoms with E-state index in [4.69, 9.17) is 9.72 Å². The monoisotopic (exact) mass is 447 g/mol. The van der Waals surface area contributed by atoms with E-state index < -0.39 is 0 Å². The van der Waals surface area contributed by atoms with Crippen LogP contribution >= 0.6 is 0 Å². The van der Waals surface area contributed by atoms with E-state index in [2.05, 4.69) is 66.9 Å². The first-order valence-electron chi connectivity index (χ1n) is 12.1. The molecule has 2 heterocycles. The summed E-state index contributed by atoms with van der Waals surface area (Å²) < 4.78 is 8.57. The molecule has 0 aliphatic carbocycles. The van der Waals surface area contributed by atoms with Crippen LogP contribution in [0.5, 0.6) is 5.75 Å². The minimum absolute atomic E-state index is 0.487. The number of aromatic nitrogens is 2. The largest absolute Gasteiger partial charge is 0.488 e. The number of hydrogen-bond donors (Lipinski definition) is 0. The molecule has 0 spiro atoms. The zero-order valence-electron chi connectivity index (χ0n) is 19.8. The highest BCUT2D eigenvalue weighted by atomic mass is 16.5. The van der Waals surface area contributed by atoms with Gasteiger partial charge < -0.3 is 9.30 Å². The van der Waals surface area contributed by atoms with Crippen LogP contribution in [0.3, 0.4) is 0 Å². The Labute approximate surface area is 201 Å². The average Bonchev–Trinajstić information content (AvgIpc) is 3.11. The quantitative estimate of drug-likeness (QED) is 0.297. The van der Waals surface area contributed by atoms with E-state index in [1.165, 1.54) is 11.1 Å². The summed E-state index contributed by atoms with van der Waals surface area (Å²) in [6, 6.07) is 25.5. The average molecular weight is 448 g/mol. The molecule has 4 heteroatoms. The van der Waals surface area contributed by atoms with Crippen molar-refractivity contribution in [3.05, 3.63) is 100 Å². The van der Waals surface area contributed by atoms with Gasteiger partial charge in [-0.1, -0.05) is 62.7 Å². The van der Waals surface area contributed by atoms with Crippen molar-refractivity contribution < 1.29 is 4.74 Å². The van der Waals surface area contributed by atoms with Gasteiger partial charge in [0.15, 0.2) is 0 Å². The van der Waals surface area contributed by atoms with Crippen molar-refractivity contribution in [2.75, 3.05) is 0 Å². The predicted molar refractivity (Wildman–Crippen MR) is 137 cm³/mol. The predicted octanol–water partition coefficient (Wildman–Crippen LogP) is 7.06. The Hall–Kier alpha value is -3.84. The van der Waals surface area contributed by atoms with Gasteiger partial charge in [0.2, 0.25) is 0 Å². The molecule has 0 fully saturated rings. The van der Waals surface area contributed by atoms with Crippen LogP contribution in [0.15, 0.2) is 72.3 Å². The van der Waals surface area contributed by atoms with Crippen LogP contribution in [0.4, 0.5) is 0 Å². The topological polar surface area (TPSA) is 50.8 Å². The third-order valence-electron chi connectivity index (χ3n) is 6.46. The van der Waals surface area contributed by atoms with Crippen LogP contribution < -0.4 is 4.74 Å². The van der Waals surface area contributed by atoms with Crippen LogP contribution in [0.1, 0.15) is 61.2 Å². The van der Waals surface area contributed by atoms with E-state index in [0.717, 1.165) is 77.2 Å². The van der Waals surface area contributed by atoms with Crippen molar-refractivity contribution in [1.29, 1.82) is 5.26 Å². The summed E-state index contributed by atoms with van der Waals surface area (Å²) in [5, 5.41) is 10.0. The lowest BCUT2D eigenvalue weighted by molar-refractivity contribution is 0.307. The van der Waals surface area contributed by atoms with Crippen LogP contribution in [-0.4, -0.2) is 9.55 Å². The van der Waals surface area contributed by atoms with Gasteiger partial charge in [-0.3, -0.25) is 0 Å². The van der Waals surface area contributed by atoms with E-state index in [0.29, 0.717) is 6.61 Å². The standard InChI is InChI=1S/C30H29N3O/c1-3-9-22(18-31)30-24-16-15-21(17-23(24)20-34-28-14-8-5-11-25(28)30)19-33-27-13-7-6-12-26(27)32-29(33)10-4-2/h5-8,11-17H,3-4,9-10,19-20H2,1-2H3/b30-22+. The lowest BCUT2D eigenvalue weighted by Crippen LogP contribution is -2.07. The fourth-order valence-corrected chi connectivity index (χ4v) is 4.92. The zero-order valence-corrected chi connectivity index (χ0v) is 19.8. The van der Waals surface area contributed by atoms with Crippen LogP contribution in [0.2, 0.25) is 0 Å². The maximum atomic E-state index is 10.0. The number of allylic oxidation sites excluding steroid dienone is 1. The highest BCUT2D eigenvalue weighted by Gasteiger charge is 2.23. The first-order chi connectivity index (χ1) is 16.7. The Bertz CT molecular complexity index is 1420. The van der Waals surface area contributed by atoms with E-state index in [1.54, 1.807) is 0 Å². The minimum atomic E-state index is 0.487. The molecule has 0 bridgehead atoms. The van der Waals surface area contributed by atoms with Crippen LogP contribution in [0, 0.1) is 11.3 Å². The van der Waals surface area contributed by atoms with E-state index in [9.17, 15) is 5.26 Å². The van der Waals surface area contributed by atoms with Gasteiger partial charge in [0.1, 0.15) is 18.2 Å². The Kier molecular flexibility index (Phi) is 6.18. The number of para-hydroxylation sites is 3. The molecular formula is C30H29N3O. The molecule has 0 N–H and O–H groups in total. The molecule has 4 nitrogen and oxygen atoms in total. The summed E-state index contributed by atoms with van der Waals surface area (Å²) >= 11 is 0. The van der Waals surface area contributed by atoms with Crippen LogP contribution in [0.25, 0.3) is 16.6 Å². The second-order valence-electron chi connectivity index (χ2n) is 8.84. The van der Waals surface area contributed by atoms with Crippen molar-refractivity contribution in [2.24, 2.45) is 0 Å². The van der Waals surface area contributed by atoms with Gasteiger partial charge >= 0.3 is 0 Å². The molecule has 1 aliphatic rings. The number of rotatable bonds is 6. The van der Waals surface area contributed by atoms with Gasteiger partial charge in [-0.15, -0.1) is 0 Å². The Morgan fingerprint density at radius 1 is 1.00 bits per heavy atom. The van der Waals surface area contributed by atoms with Crippen LogP contribution in [-0.2, 0) is 19.6 Å². The van der Waals surface area contributed by atoms with E-state index >= 15 is 0 Å².